The van der Waals surface area contributed by atoms with Gasteiger partial charge in [0.25, 0.3) is 5.91 Å². The summed E-state index contributed by atoms with van der Waals surface area (Å²) in [5, 5.41) is 2.76. The first kappa shape index (κ1) is 9.46. The van der Waals surface area contributed by atoms with Gasteiger partial charge in [-0.2, -0.15) is 0 Å². The maximum atomic E-state index is 11.7. The van der Waals surface area contributed by atoms with Crippen LogP contribution in [0.2, 0.25) is 0 Å². The van der Waals surface area contributed by atoms with Crippen molar-refractivity contribution >= 4 is 11.6 Å². The predicted octanol–water partition coefficient (Wildman–Crippen LogP) is 2.74. The van der Waals surface area contributed by atoms with Crippen LogP contribution in [0.25, 0.3) is 0 Å². The highest BCUT2D eigenvalue weighted by Crippen LogP contribution is 2.07. The van der Waals surface area contributed by atoms with Crippen molar-refractivity contribution in [3.8, 4) is 0 Å². The molecule has 2 aromatic rings. The van der Waals surface area contributed by atoms with Crippen molar-refractivity contribution in [1.29, 1.82) is 0 Å². The van der Waals surface area contributed by atoms with Crippen LogP contribution in [0, 0.1) is 6.07 Å². The summed E-state index contributed by atoms with van der Waals surface area (Å²) in [6, 6.07) is 19.3. The molecule has 1 radical (unpaired) electrons. The lowest BCUT2D eigenvalue weighted by Gasteiger charge is -2.03. The van der Waals surface area contributed by atoms with E-state index < -0.39 is 0 Å². The van der Waals surface area contributed by atoms with E-state index in [-0.39, 0.29) is 5.91 Å². The van der Waals surface area contributed by atoms with E-state index in [0.29, 0.717) is 11.3 Å². The molecule has 0 saturated heterocycles. The third-order valence-corrected chi connectivity index (χ3v) is 1.99. The normalized spacial score (nSPS) is 9.60. The standard InChI is InChI=1S/C13H10NO/c15-13(11-7-3-1-4-8-11)14-12-9-5-2-6-10-12/h1-9H,(H,14,15). The van der Waals surface area contributed by atoms with E-state index >= 15 is 0 Å². The number of carbonyl (C=O) groups is 1. The topological polar surface area (TPSA) is 29.1 Å². The highest BCUT2D eigenvalue weighted by atomic mass is 16.1. The molecule has 2 rings (SSSR count). The third kappa shape index (κ3) is 2.44. The van der Waals surface area contributed by atoms with Crippen molar-refractivity contribution < 1.29 is 4.79 Å². The summed E-state index contributed by atoms with van der Waals surface area (Å²) in [5.74, 6) is -0.113. The number of benzene rings is 2. The SMILES string of the molecule is O=C(Nc1[c]cccc1)c1ccccc1. The summed E-state index contributed by atoms with van der Waals surface area (Å²) in [6.07, 6.45) is 0. The first-order chi connectivity index (χ1) is 7.36. The summed E-state index contributed by atoms with van der Waals surface area (Å²) < 4.78 is 0. The van der Waals surface area contributed by atoms with E-state index in [4.69, 9.17) is 0 Å². The minimum absolute atomic E-state index is 0.113. The molecule has 15 heavy (non-hydrogen) atoms. The van der Waals surface area contributed by atoms with Gasteiger partial charge in [0.1, 0.15) is 0 Å². The van der Waals surface area contributed by atoms with Gasteiger partial charge in [0.15, 0.2) is 0 Å². The van der Waals surface area contributed by atoms with Crippen molar-refractivity contribution in [3.63, 3.8) is 0 Å². The van der Waals surface area contributed by atoms with Crippen LogP contribution in [0.15, 0.2) is 54.6 Å². The number of para-hydroxylation sites is 1. The smallest absolute Gasteiger partial charge is 0.255 e. The van der Waals surface area contributed by atoms with Gasteiger partial charge in [-0.1, -0.05) is 36.4 Å². The summed E-state index contributed by atoms with van der Waals surface area (Å²) in [7, 11) is 0. The fraction of sp³-hybridized carbons (Fsp3) is 0. The molecule has 0 heterocycles. The van der Waals surface area contributed by atoms with Crippen LogP contribution in [0.5, 0.6) is 0 Å². The molecule has 0 aromatic heterocycles. The van der Waals surface area contributed by atoms with Crippen molar-refractivity contribution in [2.45, 2.75) is 0 Å². The number of hydrogen-bond donors (Lipinski definition) is 1. The monoisotopic (exact) mass is 196 g/mol. The van der Waals surface area contributed by atoms with Crippen molar-refractivity contribution in [2.24, 2.45) is 0 Å². The van der Waals surface area contributed by atoms with E-state index in [9.17, 15) is 4.79 Å². The van der Waals surface area contributed by atoms with Crippen LogP contribution in [-0.2, 0) is 0 Å². The Balaban J connectivity index is 2.12. The Morgan fingerprint density at radius 3 is 2.40 bits per heavy atom. The fourth-order valence-corrected chi connectivity index (χ4v) is 1.26. The molecule has 0 saturated carbocycles. The van der Waals surface area contributed by atoms with Gasteiger partial charge < -0.3 is 5.32 Å². The van der Waals surface area contributed by atoms with Gasteiger partial charge in [-0.3, -0.25) is 4.79 Å². The Labute approximate surface area is 88.6 Å². The number of hydrogen-bond acceptors (Lipinski definition) is 1. The van der Waals surface area contributed by atoms with Gasteiger partial charge in [-0.05, 0) is 18.2 Å². The number of anilines is 1. The third-order valence-electron chi connectivity index (χ3n) is 1.99. The van der Waals surface area contributed by atoms with Crippen molar-refractivity contribution in [3.05, 3.63) is 66.2 Å². The van der Waals surface area contributed by atoms with E-state index in [2.05, 4.69) is 11.4 Å². The van der Waals surface area contributed by atoms with Crippen LogP contribution in [0.1, 0.15) is 10.4 Å². The Bertz CT molecular complexity index is 437. The van der Waals surface area contributed by atoms with Crippen molar-refractivity contribution in [1.82, 2.24) is 0 Å². The zero-order valence-corrected chi connectivity index (χ0v) is 8.10. The molecule has 0 unspecified atom stereocenters. The second-order valence-corrected chi connectivity index (χ2v) is 3.10. The lowest BCUT2D eigenvalue weighted by molar-refractivity contribution is 0.102. The fourth-order valence-electron chi connectivity index (χ4n) is 1.26. The lowest BCUT2D eigenvalue weighted by Crippen LogP contribution is -2.11. The Morgan fingerprint density at radius 1 is 1.00 bits per heavy atom. The van der Waals surface area contributed by atoms with E-state index in [1.807, 2.05) is 30.3 Å². The number of nitrogens with one attached hydrogen (secondary N) is 1. The first-order valence-electron chi connectivity index (χ1n) is 4.69. The largest absolute Gasteiger partial charge is 0.321 e. The van der Waals surface area contributed by atoms with Gasteiger partial charge in [-0.15, -0.1) is 0 Å². The average molecular weight is 196 g/mol. The molecule has 1 amide bonds. The molecule has 2 heteroatoms. The Morgan fingerprint density at radius 2 is 1.73 bits per heavy atom. The molecular formula is C13H10NO. The van der Waals surface area contributed by atoms with Crippen LogP contribution in [0.4, 0.5) is 5.69 Å². The van der Waals surface area contributed by atoms with Gasteiger partial charge in [-0.25, -0.2) is 0 Å². The quantitative estimate of drug-likeness (QED) is 0.786. The summed E-state index contributed by atoms with van der Waals surface area (Å²) in [6.45, 7) is 0. The number of rotatable bonds is 2. The lowest BCUT2D eigenvalue weighted by atomic mass is 10.2. The maximum absolute atomic E-state index is 11.7. The van der Waals surface area contributed by atoms with Crippen LogP contribution >= 0.6 is 0 Å². The molecule has 2 nitrogen and oxygen atoms in total. The maximum Gasteiger partial charge on any atom is 0.255 e. The molecule has 0 aliphatic heterocycles. The Kier molecular flexibility index (Phi) is 2.79. The zero-order valence-electron chi connectivity index (χ0n) is 8.10. The molecule has 0 atom stereocenters. The second kappa shape index (κ2) is 4.42. The summed E-state index contributed by atoms with van der Waals surface area (Å²) in [5.41, 5.74) is 1.33. The highest BCUT2D eigenvalue weighted by molar-refractivity contribution is 6.04. The van der Waals surface area contributed by atoms with Gasteiger partial charge in [0.2, 0.25) is 0 Å². The zero-order chi connectivity index (χ0) is 10.5. The summed E-state index contributed by atoms with van der Waals surface area (Å²) >= 11 is 0. The average Bonchev–Trinajstić information content (AvgIpc) is 2.31. The highest BCUT2D eigenvalue weighted by Gasteiger charge is 2.03. The van der Waals surface area contributed by atoms with Gasteiger partial charge in [0, 0.05) is 17.3 Å². The minimum atomic E-state index is -0.113. The van der Waals surface area contributed by atoms with E-state index in [1.54, 1.807) is 24.3 Å². The van der Waals surface area contributed by atoms with E-state index in [0.717, 1.165) is 0 Å². The molecule has 0 aliphatic rings. The molecule has 1 N–H and O–H groups in total. The predicted molar refractivity (Wildman–Crippen MR) is 59.7 cm³/mol. The van der Waals surface area contributed by atoms with Crippen LogP contribution in [-0.4, -0.2) is 5.91 Å². The van der Waals surface area contributed by atoms with Gasteiger partial charge in [0.05, 0.1) is 0 Å². The Hall–Kier alpha value is -2.09. The molecule has 73 valence electrons. The minimum Gasteiger partial charge on any atom is -0.321 e. The molecule has 0 aliphatic carbocycles. The molecule has 0 fully saturated rings. The first-order valence-corrected chi connectivity index (χ1v) is 4.69. The van der Waals surface area contributed by atoms with Gasteiger partial charge >= 0.3 is 0 Å². The van der Waals surface area contributed by atoms with Crippen LogP contribution in [0.3, 0.4) is 0 Å². The van der Waals surface area contributed by atoms with Crippen LogP contribution < -0.4 is 5.32 Å². The second-order valence-electron chi connectivity index (χ2n) is 3.10. The molecule has 0 bridgehead atoms. The number of amides is 1. The molecular weight excluding hydrogens is 186 g/mol. The summed E-state index contributed by atoms with van der Waals surface area (Å²) in [4.78, 5) is 11.7. The number of carbonyl (C=O) groups excluding carboxylic acids is 1. The molecule has 0 spiro atoms. The van der Waals surface area contributed by atoms with E-state index in [1.165, 1.54) is 0 Å². The molecule has 2 aromatic carbocycles. The van der Waals surface area contributed by atoms with Crippen molar-refractivity contribution in [2.75, 3.05) is 5.32 Å².